The van der Waals surface area contributed by atoms with Gasteiger partial charge in [0.1, 0.15) is 0 Å². The minimum atomic E-state index is -0.0905. The van der Waals surface area contributed by atoms with Crippen molar-refractivity contribution >= 4 is 17.3 Å². The highest BCUT2D eigenvalue weighted by Crippen LogP contribution is 2.25. The van der Waals surface area contributed by atoms with Crippen LogP contribution in [0.3, 0.4) is 0 Å². The molecule has 25 heavy (non-hydrogen) atoms. The lowest BCUT2D eigenvalue weighted by molar-refractivity contribution is 0.0952. The Kier molecular flexibility index (Phi) is 6.53. The van der Waals surface area contributed by atoms with Crippen LogP contribution in [0.4, 0.5) is 11.4 Å². The highest BCUT2D eigenvalue weighted by atomic mass is 16.1. The molecule has 0 saturated heterocycles. The van der Waals surface area contributed by atoms with Gasteiger partial charge in [-0.3, -0.25) is 9.78 Å². The van der Waals surface area contributed by atoms with E-state index in [1.807, 2.05) is 20.2 Å². The summed E-state index contributed by atoms with van der Waals surface area (Å²) in [6, 6.07) is 6.13. The highest BCUT2D eigenvalue weighted by molar-refractivity contribution is 5.94. The fourth-order valence-electron chi connectivity index (χ4n) is 2.85. The van der Waals surface area contributed by atoms with Crippen molar-refractivity contribution in [1.29, 1.82) is 0 Å². The number of amides is 1. The second kappa shape index (κ2) is 8.62. The average molecular weight is 340 g/mol. The number of hydrogen-bond acceptors (Lipinski definition) is 4. The number of carbonyl (C=O) groups excluding carboxylic acids is 1. The topological polar surface area (TPSA) is 57.3 Å². The Morgan fingerprint density at radius 2 is 1.76 bits per heavy atom. The summed E-state index contributed by atoms with van der Waals surface area (Å²) in [6.07, 6.45) is 4.26. The number of aryl methyl sites for hydroxylation is 3. The van der Waals surface area contributed by atoms with Crippen molar-refractivity contribution in [1.82, 2.24) is 15.2 Å². The molecule has 2 rings (SSSR count). The quantitative estimate of drug-likeness (QED) is 0.758. The molecule has 0 fully saturated rings. The van der Waals surface area contributed by atoms with Gasteiger partial charge in [-0.1, -0.05) is 17.7 Å². The van der Waals surface area contributed by atoms with Gasteiger partial charge in [-0.25, -0.2) is 0 Å². The number of aromatic nitrogens is 1. The third kappa shape index (κ3) is 5.57. The Morgan fingerprint density at radius 3 is 2.40 bits per heavy atom. The molecule has 0 aliphatic rings. The molecule has 0 aliphatic carbocycles. The normalized spacial score (nSPS) is 10.8. The van der Waals surface area contributed by atoms with E-state index >= 15 is 0 Å². The first-order valence-electron chi connectivity index (χ1n) is 8.59. The van der Waals surface area contributed by atoms with Gasteiger partial charge >= 0.3 is 0 Å². The zero-order valence-corrected chi connectivity index (χ0v) is 15.8. The van der Waals surface area contributed by atoms with Gasteiger partial charge in [0, 0.05) is 18.4 Å². The molecule has 0 radical (unpaired) electrons. The molecule has 0 saturated carbocycles. The molecule has 1 heterocycles. The van der Waals surface area contributed by atoms with E-state index in [1.165, 1.54) is 16.7 Å². The summed E-state index contributed by atoms with van der Waals surface area (Å²) in [5.74, 6) is -0.0905. The Morgan fingerprint density at radius 1 is 1.08 bits per heavy atom. The third-order valence-corrected chi connectivity index (χ3v) is 4.01. The van der Waals surface area contributed by atoms with Gasteiger partial charge in [-0.2, -0.15) is 0 Å². The van der Waals surface area contributed by atoms with E-state index in [2.05, 4.69) is 53.4 Å². The van der Waals surface area contributed by atoms with Crippen LogP contribution in [-0.4, -0.2) is 43.0 Å². The fourth-order valence-corrected chi connectivity index (χ4v) is 2.85. The molecule has 1 aromatic heterocycles. The van der Waals surface area contributed by atoms with Gasteiger partial charge in [-0.15, -0.1) is 0 Å². The van der Waals surface area contributed by atoms with Crippen molar-refractivity contribution < 1.29 is 4.79 Å². The van der Waals surface area contributed by atoms with Gasteiger partial charge in [0.2, 0.25) is 0 Å². The molecule has 0 atom stereocenters. The van der Waals surface area contributed by atoms with Crippen LogP contribution in [0.5, 0.6) is 0 Å². The Hall–Kier alpha value is -2.40. The largest absolute Gasteiger partial charge is 0.354 e. The SMILES string of the molecule is Cc1cc(C)c(Nc2cncc(C(=O)NCCCN(C)C)c2)c(C)c1. The van der Waals surface area contributed by atoms with E-state index in [0.717, 1.165) is 24.3 Å². The van der Waals surface area contributed by atoms with Gasteiger partial charge < -0.3 is 15.5 Å². The van der Waals surface area contributed by atoms with Crippen LogP contribution in [0.2, 0.25) is 0 Å². The summed E-state index contributed by atoms with van der Waals surface area (Å²) in [4.78, 5) is 18.6. The van der Waals surface area contributed by atoms with Crippen LogP contribution < -0.4 is 10.6 Å². The standard InChI is InChI=1S/C20H28N4O/c1-14-9-15(2)19(16(3)10-14)23-18-11-17(12-21-13-18)20(25)22-7-6-8-24(4)5/h9-13,23H,6-8H2,1-5H3,(H,22,25). The first-order chi connectivity index (χ1) is 11.9. The molecule has 5 heteroatoms. The lowest BCUT2D eigenvalue weighted by Gasteiger charge is -2.14. The fraction of sp³-hybridized carbons (Fsp3) is 0.400. The van der Waals surface area contributed by atoms with Crippen molar-refractivity contribution in [3.05, 3.63) is 52.8 Å². The van der Waals surface area contributed by atoms with Gasteiger partial charge in [0.15, 0.2) is 0 Å². The predicted molar refractivity (Wildman–Crippen MR) is 104 cm³/mol. The van der Waals surface area contributed by atoms with Crippen LogP contribution in [0, 0.1) is 20.8 Å². The molecule has 0 spiro atoms. The minimum absolute atomic E-state index is 0.0905. The van der Waals surface area contributed by atoms with Crippen LogP contribution >= 0.6 is 0 Å². The van der Waals surface area contributed by atoms with Crippen LogP contribution in [0.25, 0.3) is 0 Å². The monoisotopic (exact) mass is 340 g/mol. The number of nitrogens with one attached hydrogen (secondary N) is 2. The van der Waals surface area contributed by atoms with Crippen LogP contribution in [0.1, 0.15) is 33.5 Å². The maximum atomic E-state index is 12.3. The molecule has 0 bridgehead atoms. The molecule has 134 valence electrons. The highest BCUT2D eigenvalue weighted by Gasteiger charge is 2.09. The molecule has 1 amide bonds. The van der Waals surface area contributed by atoms with Crippen molar-refractivity contribution in [2.75, 3.05) is 32.5 Å². The van der Waals surface area contributed by atoms with E-state index < -0.39 is 0 Å². The van der Waals surface area contributed by atoms with E-state index in [-0.39, 0.29) is 5.91 Å². The lowest BCUT2D eigenvalue weighted by Crippen LogP contribution is -2.27. The third-order valence-electron chi connectivity index (χ3n) is 4.01. The Labute approximate surface area is 150 Å². The van der Waals surface area contributed by atoms with Crippen LogP contribution in [-0.2, 0) is 0 Å². The number of anilines is 2. The predicted octanol–water partition coefficient (Wildman–Crippen LogP) is 3.43. The summed E-state index contributed by atoms with van der Waals surface area (Å²) in [6.45, 7) is 7.86. The molecule has 5 nitrogen and oxygen atoms in total. The summed E-state index contributed by atoms with van der Waals surface area (Å²) < 4.78 is 0. The second-order valence-electron chi connectivity index (χ2n) is 6.77. The van der Waals surface area contributed by atoms with Crippen molar-refractivity contribution in [2.45, 2.75) is 27.2 Å². The lowest BCUT2D eigenvalue weighted by atomic mass is 10.0. The summed E-state index contributed by atoms with van der Waals surface area (Å²) in [5, 5.41) is 6.34. The number of pyridine rings is 1. The Balaban J connectivity index is 2.05. The smallest absolute Gasteiger partial charge is 0.252 e. The van der Waals surface area contributed by atoms with E-state index in [1.54, 1.807) is 12.4 Å². The van der Waals surface area contributed by atoms with Crippen LogP contribution in [0.15, 0.2) is 30.6 Å². The van der Waals surface area contributed by atoms with Crippen molar-refractivity contribution in [3.63, 3.8) is 0 Å². The minimum Gasteiger partial charge on any atom is -0.354 e. The van der Waals surface area contributed by atoms with Crippen molar-refractivity contribution in [2.24, 2.45) is 0 Å². The number of benzene rings is 1. The summed E-state index contributed by atoms with van der Waals surface area (Å²) in [7, 11) is 4.05. The van der Waals surface area contributed by atoms with Gasteiger partial charge in [0.25, 0.3) is 5.91 Å². The summed E-state index contributed by atoms with van der Waals surface area (Å²) in [5.41, 5.74) is 6.04. The summed E-state index contributed by atoms with van der Waals surface area (Å²) >= 11 is 0. The molecule has 1 aromatic carbocycles. The zero-order chi connectivity index (χ0) is 18.4. The number of hydrogen-bond donors (Lipinski definition) is 2. The molecule has 0 aliphatic heterocycles. The van der Waals surface area contributed by atoms with E-state index in [4.69, 9.17) is 0 Å². The maximum Gasteiger partial charge on any atom is 0.252 e. The van der Waals surface area contributed by atoms with E-state index in [9.17, 15) is 4.79 Å². The molecule has 2 aromatic rings. The van der Waals surface area contributed by atoms with E-state index in [0.29, 0.717) is 12.1 Å². The first-order valence-corrected chi connectivity index (χ1v) is 8.59. The number of rotatable bonds is 7. The van der Waals surface area contributed by atoms with Gasteiger partial charge in [0.05, 0.1) is 17.4 Å². The number of nitrogens with zero attached hydrogens (tertiary/aromatic N) is 2. The maximum absolute atomic E-state index is 12.3. The van der Waals surface area contributed by atoms with Crippen molar-refractivity contribution in [3.8, 4) is 0 Å². The van der Waals surface area contributed by atoms with Gasteiger partial charge in [-0.05, 0) is 65.0 Å². The average Bonchev–Trinajstić information content (AvgIpc) is 2.55. The molecular formula is C20H28N4O. The zero-order valence-electron chi connectivity index (χ0n) is 15.8. The second-order valence-corrected chi connectivity index (χ2v) is 6.77. The Bertz CT molecular complexity index is 717. The molecular weight excluding hydrogens is 312 g/mol. The molecule has 0 unspecified atom stereocenters. The molecule has 2 N–H and O–H groups in total. The first kappa shape index (κ1) is 18.9. The number of carbonyl (C=O) groups is 1.